The molecular formula is C19H9BrN4O7. The second-order valence-electron chi connectivity index (χ2n) is 6.44. The molecule has 4 rings (SSSR count). The Balaban J connectivity index is 1.79. The van der Waals surface area contributed by atoms with Crippen LogP contribution < -0.4 is 5.43 Å². The number of nitrogens with one attached hydrogen (secondary N) is 1. The molecule has 0 saturated heterocycles. The van der Waals surface area contributed by atoms with E-state index in [9.17, 15) is 34.6 Å². The van der Waals surface area contributed by atoms with Crippen LogP contribution in [0.4, 0.5) is 11.4 Å². The average molecular weight is 485 g/mol. The molecule has 1 heterocycles. The van der Waals surface area contributed by atoms with Gasteiger partial charge in [-0.1, -0.05) is 18.2 Å². The van der Waals surface area contributed by atoms with Gasteiger partial charge in [0.2, 0.25) is 0 Å². The van der Waals surface area contributed by atoms with E-state index in [2.05, 4.69) is 21.4 Å². The van der Waals surface area contributed by atoms with Crippen LogP contribution in [0.25, 0.3) is 10.8 Å². The summed E-state index contributed by atoms with van der Waals surface area (Å²) in [4.78, 5) is 59.4. The Hall–Kier alpha value is -4.19. The Morgan fingerprint density at radius 2 is 1.61 bits per heavy atom. The maximum Gasteiger partial charge on any atom is 0.284 e. The van der Waals surface area contributed by atoms with E-state index in [4.69, 9.17) is 0 Å². The SMILES string of the molecule is O=C(NN1C(=O)c2cccc3c(Br)c([N+](=O)[O-])cc(c23)C1=O)c1cccc([N+](=O)[O-])c1. The van der Waals surface area contributed by atoms with Gasteiger partial charge in [-0.2, -0.15) is 5.01 Å². The lowest BCUT2D eigenvalue weighted by molar-refractivity contribution is -0.385. The lowest BCUT2D eigenvalue weighted by Gasteiger charge is -2.27. The molecular weight excluding hydrogens is 476 g/mol. The lowest BCUT2D eigenvalue weighted by Crippen LogP contribution is -2.51. The van der Waals surface area contributed by atoms with Gasteiger partial charge in [0.15, 0.2) is 0 Å². The van der Waals surface area contributed by atoms with Gasteiger partial charge in [-0.15, -0.1) is 0 Å². The average Bonchev–Trinajstić information content (AvgIpc) is 2.75. The van der Waals surface area contributed by atoms with E-state index in [0.29, 0.717) is 10.4 Å². The molecule has 3 aromatic carbocycles. The number of halogens is 1. The van der Waals surface area contributed by atoms with Gasteiger partial charge in [-0.25, -0.2) is 0 Å². The van der Waals surface area contributed by atoms with E-state index in [1.54, 1.807) is 0 Å². The first-order valence-electron chi connectivity index (χ1n) is 8.54. The van der Waals surface area contributed by atoms with Crippen molar-refractivity contribution in [2.75, 3.05) is 0 Å². The Morgan fingerprint density at radius 3 is 2.29 bits per heavy atom. The number of hydrazine groups is 1. The van der Waals surface area contributed by atoms with Crippen molar-refractivity contribution in [2.45, 2.75) is 0 Å². The van der Waals surface area contributed by atoms with Crippen molar-refractivity contribution in [2.24, 2.45) is 0 Å². The zero-order valence-electron chi connectivity index (χ0n) is 15.2. The standard InChI is InChI=1S/C19H9BrN4O7/c20-16-11-5-2-6-12-15(11)13(8-14(16)24(30)31)19(27)22(18(12)26)21-17(25)9-3-1-4-10(7-9)23(28)29/h1-8H,(H,21,25). The van der Waals surface area contributed by atoms with Crippen LogP contribution in [0.15, 0.2) is 53.0 Å². The number of rotatable bonds is 4. The van der Waals surface area contributed by atoms with E-state index < -0.39 is 27.6 Å². The van der Waals surface area contributed by atoms with Gasteiger partial charge in [-0.3, -0.25) is 40.0 Å². The first-order chi connectivity index (χ1) is 14.7. The topological polar surface area (TPSA) is 153 Å². The first kappa shape index (κ1) is 20.1. The highest BCUT2D eigenvalue weighted by Gasteiger charge is 2.37. The van der Waals surface area contributed by atoms with Crippen LogP contribution in [0.1, 0.15) is 31.1 Å². The highest BCUT2D eigenvalue weighted by Crippen LogP contribution is 2.39. The van der Waals surface area contributed by atoms with E-state index in [0.717, 1.165) is 12.1 Å². The predicted molar refractivity (Wildman–Crippen MR) is 109 cm³/mol. The summed E-state index contributed by atoms with van der Waals surface area (Å²) in [6.45, 7) is 0. The third-order valence-electron chi connectivity index (χ3n) is 4.67. The third kappa shape index (κ3) is 3.18. The zero-order chi connectivity index (χ0) is 22.4. The van der Waals surface area contributed by atoms with Crippen LogP contribution in [0.5, 0.6) is 0 Å². The molecule has 0 aliphatic carbocycles. The van der Waals surface area contributed by atoms with Crippen molar-refractivity contribution in [1.82, 2.24) is 10.4 Å². The number of amides is 3. The summed E-state index contributed by atoms with van der Waals surface area (Å²) in [6.07, 6.45) is 0. The Morgan fingerprint density at radius 1 is 0.935 bits per heavy atom. The molecule has 0 spiro atoms. The molecule has 1 N–H and O–H groups in total. The molecule has 0 fully saturated rings. The second kappa shape index (κ2) is 7.25. The first-order valence-corrected chi connectivity index (χ1v) is 9.34. The summed E-state index contributed by atoms with van der Waals surface area (Å²) in [7, 11) is 0. The van der Waals surface area contributed by atoms with Crippen molar-refractivity contribution in [3.8, 4) is 0 Å². The maximum atomic E-state index is 13.0. The van der Waals surface area contributed by atoms with Crippen molar-refractivity contribution in [3.63, 3.8) is 0 Å². The van der Waals surface area contributed by atoms with Crippen molar-refractivity contribution in [1.29, 1.82) is 0 Å². The molecule has 1 aliphatic rings. The molecule has 0 unspecified atom stereocenters. The molecule has 0 radical (unpaired) electrons. The van der Waals surface area contributed by atoms with Gasteiger partial charge in [0.1, 0.15) is 4.47 Å². The summed E-state index contributed by atoms with van der Waals surface area (Å²) in [5.74, 6) is -2.75. The number of carbonyl (C=O) groups is 3. The number of carbonyl (C=O) groups excluding carboxylic acids is 3. The number of nitro benzene ring substituents is 2. The van der Waals surface area contributed by atoms with E-state index in [1.165, 1.54) is 36.4 Å². The lowest BCUT2D eigenvalue weighted by atomic mass is 9.94. The Labute approximate surface area is 180 Å². The molecule has 11 nitrogen and oxygen atoms in total. The summed E-state index contributed by atoms with van der Waals surface area (Å²) < 4.78 is 0.118. The van der Waals surface area contributed by atoms with E-state index in [-0.39, 0.29) is 37.9 Å². The molecule has 0 aromatic heterocycles. The molecule has 0 atom stereocenters. The number of non-ortho nitro benzene ring substituents is 1. The van der Waals surface area contributed by atoms with Crippen LogP contribution in [0, 0.1) is 20.2 Å². The van der Waals surface area contributed by atoms with E-state index in [1.807, 2.05) is 0 Å². The predicted octanol–water partition coefficient (Wildman–Crippen LogP) is 3.36. The highest BCUT2D eigenvalue weighted by molar-refractivity contribution is 9.10. The summed E-state index contributed by atoms with van der Waals surface area (Å²) in [6, 6.07) is 10.2. The number of nitro groups is 2. The quantitative estimate of drug-likeness (QED) is 0.338. The number of benzene rings is 3. The molecule has 1 aliphatic heterocycles. The van der Waals surface area contributed by atoms with Crippen LogP contribution in [-0.4, -0.2) is 32.6 Å². The number of hydrogen-bond acceptors (Lipinski definition) is 7. The zero-order valence-corrected chi connectivity index (χ0v) is 16.8. The molecule has 0 saturated carbocycles. The number of nitrogens with zero attached hydrogens (tertiary/aromatic N) is 3. The van der Waals surface area contributed by atoms with Gasteiger partial charge in [0, 0.05) is 34.5 Å². The highest BCUT2D eigenvalue weighted by atomic mass is 79.9. The van der Waals surface area contributed by atoms with E-state index >= 15 is 0 Å². The Kier molecular flexibility index (Phi) is 4.70. The van der Waals surface area contributed by atoms with Crippen molar-refractivity contribution < 1.29 is 24.2 Å². The maximum absolute atomic E-state index is 13.0. The molecule has 12 heteroatoms. The normalized spacial score (nSPS) is 12.7. The number of hydrogen-bond donors (Lipinski definition) is 1. The van der Waals surface area contributed by atoms with Gasteiger partial charge >= 0.3 is 0 Å². The van der Waals surface area contributed by atoms with Crippen LogP contribution in [0.3, 0.4) is 0 Å². The monoisotopic (exact) mass is 484 g/mol. The summed E-state index contributed by atoms with van der Waals surface area (Å²) in [5.41, 5.74) is 1.18. The van der Waals surface area contributed by atoms with Gasteiger partial charge in [0.25, 0.3) is 29.1 Å². The fourth-order valence-electron chi connectivity index (χ4n) is 3.28. The summed E-state index contributed by atoms with van der Waals surface area (Å²) >= 11 is 3.15. The summed E-state index contributed by atoms with van der Waals surface area (Å²) in [5, 5.41) is 23.3. The largest absolute Gasteiger partial charge is 0.284 e. The minimum absolute atomic E-state index is 0.0574. The smallest absolute Gasteiger partial charge is 0.267 e. The molecule has 31 heavy (non-hydrogen) atoms. The van der Waals surface area contributed by atoms with Gasteiger partial charge in [0.05, 0.1) is 21.0 Å². The third-order valence-corrected chi connectivity index (χ3v) is 5.51. The van der Waals surface area contributed by atoms with Crippen molar-refractivity contribution in [3.05, 3.63) is 89.9 Å². The minimum atomic E-state index is -0.969. The fourth-order valence-corrected chi connectivity index (χ4v) is 3.87. The molecule has 3 amide bonds. The Bertz CT molecular complexity index is 1350. The van der Waals surface area contributed by atoms with Gasteiger partial charge < -0.3 is 0 Å². The van der Waals surface area contributed by atoms with Crippen molar-refractivity contribution >= 4 is 55.8 Å². The second-order valence-corrected chi connectivity index (χ2v) is 7.23. The molecule has 154 valence electrons. The van der Waals surface area contributed by atoms with Crippen LogP contribution >= 0.6 is 15.9 Å². The van der Waals surface area contributed by atoms with Gasteiger partial charge in [-0.05, 0) is 28.1 Å². The molecule has 3 aromatic rings. The molecule has 0 bridgehead atoms. The number of imide groups is 1. The van der Waals surface area contributed by atoms with Crippen LogP contribution in [0.2, 0.25) is 0 Å². The fraction of sp³-hybridized carbons (Fsp3) is 0. The van der Waals surface area contributed by atoms with Crippen LogP contribution in [-0.2, 0) is 0 Å². The minimum Gasteiger partial charge on any atom is -0.267 e.